The van der Waals surface area contributed by atoms with Crippen LogP contribution in [0.4, 0.5) is 19.0 Å². The van der Waals surface area contributed by atoms with Crippen LogP contribution in [-0.2, 0) is 18.1 Å². The van der Waals surface area contributed by atoms with E-state index in [1.807, 2.05) is 6.20 Å². The number of nitrogens with zero attached hydrogens (tertiary/aromatic N) is 3. The molecule has 2 aromatic rings. The first-order chi connectivity index (χ1) is 11.8. The molecular weight excluding hydrogens is 329 g/mol. The van der Waals surface area contributed by atoms with Crippen LogP contribution in [0.3, 0.4) is 0 Å². The van der Waals surface area contributed by atoms with Gasteiger partial charge in [0.1, 0.15) is 11.6 Å². The van der Waals surface area contributed by atoms with Gasteiger partial charge in [0.15, 0.2) is 0 Å². The summed E-state index contributed by atoms with van der Waals surface area (Å²) in [6.45, 7) is 0. The summed E-state index contributed by atoms with van der Waals surface area (Å²) in [5, 5.41) is 0. The lowest BCUT2D eigenvalue weighted by atomic mass is 9.49. The number of anilines is 1. The van der Waals surface area contributed by atoms with Crippen LogP contribution in [0.25, 0.3) is 11.3 Å². The molecule has 4 saturated carbocycles. The van der Waals surface area contributed by atoms with Crippen LogP contribution in [0.1, 0.15) is 43.5 Å². The normalized spacial score (nSPS) is 27.7. The molecule has 2 bridgehead atoms. The van der Waals surface area contributed by atoms with Crippen LogP contribution < -0.4 is 5.73 Å². The summed E-state index contributed by atoms with van der Waals surface area (Å²) in [6.07, 6.45) is 5.69. The Bertz CT molecular complexity index is 833. The number of pyridine rings is 1. The zero-order valence-electron chi connectivity index (χ0n) is 13.7. The third kappa shape index (κ3) is 2.35. The highest BCUT2D eigenvalue weighted by molar-refractivity contribution is 5.62. The second kappa shape index (κ2) is 4.77. The van der Waals surface area contributed by atoms with E-state index in [4.69, 9.17) is 10.7 Å². The quantitative estimate of drug-likeness (QED) is 0.908. The number of rotatable bonds is 4. The number of nitrogen functional groups attached to an aromatic ring is 1. The second-order valence-electron chi connectivity index (χ2n) is 7.92. The number of hydrogen-bond acceptors (Lipinski definition) is 3. The molecule has 4 aliphatic carbocycles. The summed E-state index contributed by atoms with van der Waals surface area (Å²) in [6, 6.07) is 1.07. The molecule has 0 aliphatic heterocycles. The summed E-state index contributed by atoms with van der Waals surface area (Å²) in [5.41, 5.74) is 5.64. The topological polar surface area (TPSA) is 56.7 Å². The molecule has 0 saturated heterocycles. The maximum absolute atomic E-state index is 13.1. The Kier molecular flexibility index (Phi) is 2.90. The largest absolute Gasteiger partial charge is 0.419 e. The third-order valence-corrected chi connectivity index (χ3v) is 5.98. The highest BCUT2D eigenvalue weighted by Crippen LogP contribution is 2.63. The van der Waals surface area contributed by atoms with E-state index in [0.717, 1.165) is 24.2 Å². The van der Waals surface area contributed by atoms with E-state index >= 15 is 0 Å². The fourth-order valence-electron chi connectivity index (χ4n) is 4.26. The second-order valence-corrected chi connectivity index (χ2v) is 7.92. The average Bonchev–Trinajstić information content (AvgIpc) is 3.16. The first-order valence-electron chi connectivity index (χ1n) is 8.76. The fraction of sp³-hybridized carbons (Fsp3) is 0.556. The molecule has 7 heteroatoms. The van der Waals surface area contributed by atoms with Crippen LogP contribution >= 0.6 is 0 Å². The Balaban J connectivity index is 1.55. The first kappa shape index (κ1) is 15.2. The molecular formula is C18H19F3N4. The van der Waals surface area contributed by atoms with Gasteiger partial charge in [0.2, 0.25) is 0 Å². The van der Waals surface area contributed by atoms with Crippen LogP contribution in [0.2, 0.25) is 0 Å². The molecule has 4 fully saturated rings. The smallest absolute Gasteiger partial charge is 0.383 e. The molecule has 0 radical (unpaired) electrons. The molecule has 2 N–H and O–H groups in total. The summed E-state index contributed by atoms with van der Waals surface area (Å²) in [4.78, 5) is 8.45. The standard InChI is InChI=1S/C18H19F3N4/c19-18(20,21)13-4-12(8-23-16(13)22)14-9-25(17-5-11(6-17)7-17)15(24-14)3-10-1-2-10/h4,8-11H,1-3,5-7H2,(H2,22,23). The van der Waals surface area contributed by atoms with Gasteiger partial charge in [-0.05, 0) is 50.0 Å². The van der Waals surface area contributed by atoms with Crippen LogP contribution in [-0.4, -0.2) is 14.5 Å². The van der Waals surface area contributed by atoms with E-state index in [0.29, 0.717) is 17.2 Å². The monoisotopic (exact) mass is 348 g/mol. The number of nitrogens with two attached hydrogens (primary N) is 1. The minimum Gasteiger partial charge on any atom is -0.383 e. The molecule has 0 aromatic carbocycles. The number of halogens is 3. The summed E-state index contributed by atoms with van der Waals surface area (Å²) in [7, 11) is 0. The maximum atomic E-state index is 13.1. The molecule has 0 unspecified atom stereocenters. The summed E-state index contributed by atoms with van der Waals surface area (Å²) in [5.74, 6) is 2.03. The number of aromatic nitrogens is 3. The molecule has 0 atom stereocenters. The number of hydrogen-bond donors (Lipinski definition) is 1. The number of imidazole rings is 1. The van der Waals surface area contributed by atoms with E-state index < -0.39 is 17.6 Å². The lowest BCUT2D eigenvalue weighted by Crippen LogP contribution is -2.59. The van der Waals surface area contributed by atoms with Crippen molar-refractivity contribution in [3.63, 3.8) is 0 Å². The lowest BCUT2D eigenvalue weighted by Gasteiger charge is -2.62. The zero-order valence-corrected chi connectivity index (χ0v) is 13.7. The van der Waals surface area contributed by atoms with Crippen molar-refractivity contribution < 1.29 is 13.2 Å². The third-order valence-electron chi connectivity index (χ3n) is 5.98. The van der Waals surface area contributed by atoms with Gasteiger partial charge in [-0.25, -0.2) is 9.97 Å². The predicted molar refractivity (Wildman–Crippen MR) is 86.6 cm³/mol. The van der Waals surface area contributed by atoms with Crippen molar-refractivity contribution in [3.05, 3.63) is 29.8 Å². The molecule has 0 amide bonds. The van der Waals surface area contributed by atoms with Crippen LogP contribution in [0.5, 0.6) is 0 Å². The van der Waals surface area contributed by atoms with Gasteiger partial charge >= 0.3 is 6.18 Å². The summed E-state index contributed by atoms with van der Waals surface area (Å²) >= 11 is 0. The summed E-state index contributed by atoms with van der Waals surface area (Å²) < 4.78 is 41.6. The van der Waals surface area contributed by atoms with Gasteiger partial charge in [0, 0.05) is 29.9 Å². The molecule has 6 rings (SSSR count). The molecule has 0 spiro atoms. The molecule has 25 heavy (non-hydrogen) atoms. The Morgan fingerprint density at radius 1 is 1.24 bits per heavy atom. The van der Waals surface area contributed by atoms with E-state index in [2.05, 4.69) is 9.55 Å². The van der Waals surface area contributed by atoms with Gasteiger partial charge < -0.3 is 10.3 Å². The average molecular weight is 348 g/mol. The van der Waals surface area contributed by atoms with Crippen molar-refractivity contribution in [3.8, 4) is 11.3 Å². The minimum atomic E-state index is -4.51. The molecule has 2 heterocycles. The van der Waals surface area contributed by atoms with Crippen molar-refractivity contribution in [1.29, 1.82) is 0 Å². The first-order valence-corrected chi connectivity index (χ1v) is 8.76. The predicted octanol–water partition coefficient (Wildman–Crippen LogP) is 4.01. The Labute approximate surface area is 143 Å². The Morgan fingerprint density at radius 2 is 1.96 bits per heavy atom. The molecule has 132 valence electrons. The van der Waals surface area contributed by atoms with Crippen molar-refractivity contribution >= 4 is 5.82 Å². The minimum absolute atomic E-state index is 0.175. The molecule has 2 aromatic heterocycles. The van der Waals surface area contributed by atoms with Gasteiger partial charge in [-0.2, -0.15) is 13.2 Å². The Hall–Kier alpha value is -2.05. The highest BCUT2D eigenvalue weighted by Gasteiger charge is 2.58. The fourth-order valence-corrected chi connectivity index (χ4v) is 4.26. The van der Waals surface area contributed by atoms with Gasteiger partial charge in [0.05, 0.1) is 11.3 Å². The Morgan fingerprint density at radius 3 is 2.52 bits per heavy atom. The van der Waals surface area contributed by atoms with Gasteiger partial charge in [0.25, 0.3) is 0 Å². The van der Waals surface area contributed by atoms with Gasteiger partial charge in [-0.15, -0.1) is 0 Å². The van der Waals surface area contributed by atoms with E-state index in [1.54, 1.807) is 0 Å². The molecule has 4 nitrogen and oxygen atoms in total. The highest BCUT2D eigenvalue weighted by atomic mass is 19.4. The van der Waals surface area contributed by atoms with Gasteiger partial charge in [-0.3, -0.25) is 0 Å². The van der Waals surface area contributed by atoms with Crippen molar-refractivity contribution in [1.82, 2.24) is 14.5 Å². The van der Waals surface area contributed by atoms with Gasteiger partial charge in [-0.1, -0.05) is 0 Å². The maximum Gasteiger partial charge on any atom is 0.419 e. The van der Waals surface area contributed by atoms with E-state index in [1.165, 1.54) is 38.3 Å². The molecule has 4 aliphatic rings. The lowest BCUT2D eigenvalue weighted by molar-refractivity contribution is -0.137. The van der Waals surface area contributed by atoms with E-state index in [9.17, 15) is 13.2 Å². The van der Waals surface area contributed by atoms with Crippen LogP contribution in [0.15, 0.2) is 18.5 Å². The van der Waals surface area contributed by atoms with Crippen molar-refractivity contribution in [2.75, 3.05) is 5.73 Å². The number of alkyl halides is 3. The zero-order chi connectivity index (χ0) is 17.4. The van der Waals surface area contributed by atoms with E-state index in [-0.39, 0.29) is 5.54 Å². The van der Waals surface area contributed by atoms with Crippen LogP contribution in [0, 0.1) is 11.8 Å². The van der Waals surface area contributed by atoms with Crippen molar-refractivity contribution in [2.45, 2.75) is 50.2 Å². The van der Waals surface area contributed by atoms with Crippen molar-refractivity contribution in [2.24, 2.45) is 11.8 Å². The SMILES string of the molecule is Nc1ncc(-c2cn(C34CC(C3)C4)c(CC3CC3)n2)cc1C(F)(F)F.